The number of hydrogen-bond donors (Lipinski definition) is 1. The van der Waals surface area contributed by atoms with E-state index in [1.54, 1.807) is 0 Å². The van der Waals surface area contributed by atoms with E-state index in [1.807, 2.05) is 12.4 Å². The zero-order valence-corrected chi connectivity index (χ0v) is 9.32. The van der Waals surface area contributed by atoms with Crippen molar-refractivity contribution in [3.63, 3.8) is 0 Å². The smallest absolute Gasteiger partial charge is 0.141 e. The fourth-order valence-corrected chi connectivity index (χ4v) is 2.27. The van der Waals surface area contributed by atoms with Crippen LogP contribution in [0.15, 0.2) is 12.4 Å². The van der Waals surface area contributed by atoms with E-state index in [9.17, 15) is 0 Å². The summed E-state index contributed by atoms with van der Waals surface area (Å²) in [4.78, 5) is 8.51. The highest BCUT2D eigenvalue weighted by molar-refractivity contribution is 5.12. The molecule has 0 atom stereocenters. The molecule has 0 saturated heterocycles. The van der Waals surface area contributed by atoms with Crippen molar-refractivity contribution in [1.82, 2.24) is 9.97 Å². The first-order valence-corrected chi connectivity index (χ1v) is 5.80. The predicted molar refractivity (Wildman–Crippen MR) is 60.3 cm³/mol. The van der Waals surface area contributed by atoms with Gasteiger partial charge in [0.1, 0.15) is 5.82 Å². The van der Waals surface area contributed by atoms with Gasteiger partial charge in [0, 0.05) is 12.4 Å². The third kappa shape index (κ3) is 2.53. The minimum atomic E-state index is 0.433. The topological polar surface area (TPSA) is 51.8 Å². The Labute approximate surface area is 91.1 Å². The highest BCUT2D eigenvalue weighted by Crippen LogP contribution is 2.34. The van der Waals surface area contributed by atoms with Gasteiger partial charge in [-0.05, 0) is 30.2 Å². The van der Waals surface area contributed by atoms with Gasteiger partial charge in [-0.3, -0.25) is 0 Å². The molecule has 1 saturated carbocycles. The van der Waals surface area contributed by atoms with Crippen molar-refractivity contribution in [1.29, 1.82) is 0 Å². The van der Waals surface area contributed by atoms with Gasteiger partial charge in [-0.1, -0.05) is 19.8 Å². The molecule has 0 aromatic carbocycles. The van der Waals surface area contributed by atoms with Gasteiger partial charge in [-0.15, -0.1) is 0 Å². The average molecular weight is 205 g/mol. The summed E-state index contributed by atoms with van der Waals surface area (Å²) < 4.78 is 0. The van der Waals surface area contributed by atoms with E-state index in [4.69, 9.17) is 5.73 Å². The maximum absolute atomic E-state index is 5.47. The first-order valence-electron chi connectivity index (χ1n) is 5.80. The number of rotatable bonds is 2. The van der Waals surface area contributed by atoms with Crippen LogP contribution in [0.3, 0.4) is 0 Å². The van der Waals surface area contributed by atoms with Crippen LogP contribution in [0.1, 0.15) is 49.9 Å². The maximum Gasteiger partial charge on any atom is 0.141 e. The molecule has 15 heavy (non-hydrogen) atoms. The summed E-state index contributed by atoms with van der Waals surface area (Å²) in [5.74, 6) is 2.31. The van der Waals surface area contributed by atoms with Crippen LogP contribution in [0.5, 0.6) is 0 Å². The summed E-state index contributed by atoms with van der Waals surface area (Å²) in [5, 5.41) is 0. The predicted octanol–water partition coefficient (Wildman–Crippen LogP) is 2.23. The van der Waals surface area contributed by atoms with Crippen LogP contribution in [-0.4, -0.2) is 9.97 Å². The lowest BCUT2D eigenvalue weighted by atomic mass is 9.80. The fraction of sp³-hybridized carbons (Fsp3) is 0.667. The molecule has 1 aliphatic carbocycles. The molecule has 0 spiro atoms. The standard InChI is InChI=1S/C12H19N3/c1-9-2-4-10(5-3-9)11-7-14-12(6-13)15-8-11/h7-10H,2-6,13H2,1H3. The molecule has 2 rings (SSSR count). The zero-order valence-electron chi connectivity index (χ0n) is 9.32. The van der Waals surface area contributed by atoms with E-state index < -0.39 is 0 Å². The van der Waals surface area contributed by atoms with Crippen LogP contribution in [-0.2, 0) is 6.54 Å². The Kier molecular flexibility index (Phi) is 3.31. The Morgan fingerprint density at radius 2 is 1.80 bits per heavy atom. The van der Waals surface area contributed by atoms with Crippen LogP contribution in [0.4, 0.5) is 0 Å². The normalized spacial score (nSPS) is 26.5. The maximum atomic E-state index is 5.47. The SMILES string of the molecule is CC1CCC(c2cnc(CN)nc2)CC1. The number of aromatic nitrogens is 2. The summed E-state index contributed by atoms with van der Waals surface area (Å²) in [5.41, 5.74) is 6.76. The van der Waals surface area contributed by atoms with Gasteiger partial charge in [0.2, 0.25) is 0 Å². The molecule has 1 fully saturated rings. The quantitative estimate of drug-likeness (QED) is 0.805. The Balaban J connectivity index is 2.03. The van der Waals surface area contributed by atoms with Crippen molar-refractivity contribution in [3.05, 3.63) is 23.8 Å². The molecule has 2 N–H and O–H groups in total. The molecule has 3 heteroatoms. The van der Waals surface area contributed by atoms with E-state index in [1.165, 1.54) is 31.2 Å². The van der Waals surface area contributed by atoms with Crippen molar-refractivity contribution in [3.8, 4) is 0 Å². The lowest BCUT2D eigenvalue weighted by Gasteiger charge is -2.25. The van der Waals surface area contributed by atoms with Crippen molar-refractivity contribution >= 4 is 0 Å². The van der Waals surface area contributed by atoms with Gasteiger partial charge in [0.25, 0.3) is 0 Å². The van der Waals surface area contributed by atoms with E-state index in [-0.39, 0.29) is 0 Å². The van der Waals surface area contributed by atoms with Gasteiger partial charge in [-0.2, -0.15) is 0 Å². The minimum absolute atomic E-state index is 0.433. The zero-order chi connectivity index (χ0) is 10.7. The van der Waals surface area contributed by atoms with Gasteiger partial charge < -0.3 is 5.73 Å². The lowest BCUT2D eigenvalue weighted by molar-refractivity contribution is 0.347. The molecule has 0 aliphatic heterocycles. The van der Waals surface area contributed by atoms with Gasteiger partial charge >= 0.3 is 0 Å². The van der Waals surface area contributed by atoms with Gasteiger partial charge in [-0.25, -0.2) is 9.97 Å². The highest BCUT2D eigenvalue weighted by Gasteiger charge is 2.19. The first kappa shape index (κ1) is 10.6. The molecule has 1 aromatic rings. The highest BCUT2D eigenvalue weighted by atomic mass is 14.9. The van der Waals surface area contributed by atoms with E-state index in [2.05, 4.69) is 16.9 Å². The van der Waals surface area contributed by atoms with Crippen molar-refractivity contribution < 1.29 is 0 Å². The molecule has 0 unspecified atom stereocenters. The summed E-state index contributed by atoms with van der Waals surface area (Å²) in [7, 11) is 0. The van der Waals surface area contributed by atoms with E-state index >= 15 is 0 Å². The largest absolute Gasteiger partial charge is 0.324 e. The van der Waals surface area contributed by atoms with Crippen LogP contribution >= 0.6 is 0 Å². The van der Waals surface area contributed by atoms with Crippen molar-refractivity contribution in [2.75, 3.05) is 0 Å². The molecule has 82 valence electrons. The van der Waals surface area contributed by atoms with Crippen LogP contribution in [0, 0.1) is 5.92 Å². The number of hydrogen-bond acceptors (Lipinski definition) is 3. The summed E-state index contributed by atoms with van der Waals surface area (Å²) in [6.45, 7) is 2.77. The molecule has 0 bridgehead atoms. The Morgan fingerprint density at radius 1 is 1.20 bits per heavy atom. The van der Waals surface area contributed by atoms with Crippen LogP contribution in [0.25, 0.3) is 0 Å². The fourth-order valence-electron chi connectivity index (χ4n) is 2.27. The number of nitrogens with zero attached hydrogens (tertiary/aromatic N) is 2. The molecule has 1 heterocycles. The molecule has 3 nitrogen and oxygen atoms in total. The van der Waals surface area contributed by atoms with Crippen LogP contribution < -0.4 is 5.73 Å². The second-order valence-corrected chi connectivity index (χ2v) is 4.59. The summed E-state index contributed by atoms with van der Waals surface area (Å²) >= 11 is 0. The lowest BCUT2D eigenvalue weighted by Crippen LogP contribution is -2.12. The average Bonchev–Trinajstić information content (AvgIpc) is 2.30. The third-order valence-corrected chi connectivity index (χ3v) is 3.40. The van der Waals surface area contributed by atoms with Gasteiger partial charge in [0.15, 0.2) is 0 Å². The van der Waals surface area contributed by atoms with Crippen LogP contribution in [0.2, 0.25) is 0 Å². The van der Waals surface area contributed by atoms with E-state index in [0.717, 1.165) is 11.7 Å². The second-order valence-electron chi connectivity index (χ2n) is 4.59. The third-order valence-electron chi connectivity index (χ3n) is 3.40. The summed E-state index contributed by atoms with van der Waals surface area (Å²) in [6, 6.07) is 0. The number of nitrogens with two attached hydrogens (primary N) is 1. The monoisotopic (exact) mass is 205 g/mol. The molecule has 1 aromatic heterocycles. The molecular formula is C12H19N3. The van der Waals surface area contributed by atoms with E-state index in [0.29, 0.717) is 12.5 Å². The van der Waals surface area contributed by atoms with Gasteiger partial charge in [0.05, 0.1) is 6.54 Å². The molecule has 0 radical (unpaired) electrons. The van der Waals surface area contributed by atoms with Crippen molar-refractivity contribution in [2.45, 2.75) is 45.1 Å². The first-order chi connectivity index (χ1) is 7.29. The molecule has 1 aliphatic rings. The Hall–Kier alpha value is -0.960. The molecular weight excluding hydrogens is 186 g/mol. The Morgan fingerprint density at radius 3 is 2.33 bits per heavy atom. The second kappa shape index (κ2) is 4.71. The minimum Gasteiger partial charge on any atom is -0.324 e. The molecule has 0 amide bonds. The summed E-state index contributed by atoms with van der Waals surface area (Å²) in [6.07, 6.45) is 9.15. The van der Waals surface area contributed by atoms with Crippen molar-refractivity contribution in [2.24, 2.45) is 11.7 Å². The Bertz CT molecular complexity index is 299.